The van der Waals surface area contributed by atoms with Crippen LogP contribution in [0.2, 0.25) is 0 Å². The van der Waals surface area contributed by atoms with Crippen LogP contribution in [0.3, 0.4) is 0 Å². The SMILES string of the molecule is CCOc1ccc(COc2cc3c(c(F)c2F)Oc2c(ccc(OCC)c2F)C3)cc1. The average Bonchev–Trinajstić information content (AvgIpc) is 2.78. The van der Waals surface area contributed by atoms with Crippen LogP contribution in [-0.4, -0.2) is 13.2 Å². The van der Waals surface area contributed by atoms with Crippen LogP contribution in [0.1, 0.15) is 30.5 Å². The Balaban J connectivity index is 1.57. The second kappa shape index (κ2) is 8.79. The molecule has 1 aliphatic heterocycles. The summed E-state index contributed by atoms with van der Waals surface area (Å²) >= 11 is 0. The summed E-state index contributed by atoms with van der Waals surface area (Å²) in [5, 5.41) is 0. The summed E-state index contributed by atoms with van der Waals surface area (Å²) in [6.07, 6.45) is 0.171. The Morgan fingerprint density at radius 3 is 2.16 bits per heavy atom. The first-order valence-corrected chi connectivity index (χ1v) is 9.99. The van der Waals surface area contributed by atoms with E-state index in [1.165, 1.54) is 12.1 Å². The Morgan fingerprint density at radius 2 is 1.45 bits per heavy atom. The molecule has 4 nitrogen and oxygen atoms in total. The van der Waals surface area contributed by atoms with Crippen LogP contribution < -0.4 is 18.9 Å². The van der Waals surface area contributed by atoms with Crippen LogP contribution in [0.25, 0.3) is 0 Å². The van der Waals surface area contributed by atoms with Crippen LogP contribution >= 0.6 is 0 Å². The normalized spacial score (nSPS) is 11.9. The summed E-state index contributed by atoms with van der Waals surface area (Å²) in [6, 6.07) is 11.7. The first kappa shape index (κ1) is 20.9. The second-order valence-electron chi connectivity index (χ2n) is 6.93. The number of ether oxygens (including phenoxy) is 4. The number of rotatable bonds is 7. The van der Waals surface area contributed by atoms with Crippen LogP contribution in [0.15, 0.2) is 42.5 Å². The minimum Gasteiger partial charge on any atom is -0.494 e. The first-order valence-electron chi connectivity index (χ1n) is 9.99. The number of hydrogen-bond acceptors (Lipinski definition) is 4. The molecule has 1 aliphatic rings. The molecule has 0 bridgehead atoms. The Bertz CT molecular complexity index is 1100. The van der Waals surface area contributed by atoms with Crippen LogP contribution in [0.4, 0.5) is 13.2 Å². The maximum absolute atomic E-state index is 14.7. The van der Waals surface area contributed by atoms with E-state index in [9.17, 15) is 13.2 Å². The van der Waals surface area contributed by atoms with Crippen molar-refractivity contribution >= 4 is 0 Å². The van der Waals surface area contributed by atoms with Gasteiger partial charge in [0.2, 0.25) is 17.5 Å². The number of hydrogen-bond donors (Lipinski definition) is 0. The molecule has 0 unspecified atom stereocenters. The fourth-order valence-corrected chi connectivity index (χ4v) is 3.39. The van der Waals surface area contributed by atoms with Gasteiger partial charge in [-0.1, -0.05) is 18.2 Å². The van der Waals surface area contributed by atoms with Crippen molar-refractivity contribution in [3.05, 3.63) is 76.6 Å². The molecular weight excluding hydrogens is 409 g/mol. The van der Waals surface area contributed by atoms with Crippen LogP contribution in [0, 0.1) is 17.5 Å². The molecule has 0 aliphatic carbocycles. The predicted octanol–water partition coefficient (Wildman–Crippen LogP) is 6.18. The molecule has 162 valence electrons. The van der Waals surface area contributed by atoms with E-state index in [0.717, 1.165) is 5.56 Å². The second-order valence-corrected chi connectivity index (χ2v) is 6.93. The molecular formula is C24H21F3O4. The number of halogens is 3. The van der Waals surface area contributed by atoms with E-state index in [0.29, 0.717) is 23.5 Å². The number of benzene rings is 3. The molecule has 0 saturated heterocycles. The van der Waals surface area contributed by atoms with E-state index in [-0.39, 0.29) is 42.6 Å². The highest BCUT2D eigenvalue weighted by molar-refractivity contribution is 5.55. The highest BCUT2D eigenvalue weighted by atomic mass is 19.2. The van der Waals surface area contributed by atoms with Gasteiger partial charge in [0.15, 0.2) is 23.0 Å². The molecule has 0 aromatic heterocycles. The average molecular weight is 430 g/mol. The van der Waals surface area contributed by atoms with Crippen molar-refractivity contribution in [1.29, 1.82) is 0 Å². The molecule has 4 rings (SSSR count). The lowest BCUT2D eigenvalue weighted by atomic mass is 9.99. The van der Waals surface area contributed by atoms with E-state index < -0.39 is 17.5 Å². The smallest absolute Gasteiger partial charge is 0.207 e. The van der Waals surface area contributed by atoms with Gasteiger partial charge in [0.1, 0.15) is 12.4 Å². The van der Waals surface area contributed by atoms with Gasteiger partial charge in [0.25, 0.3) is 0 Å². The topological polar surface area (TPSA) is 36.9 Å². The summed E-state index contributed by atoms with van der Waals surface area (Å²) in [6.45, 7) is 4.48. The van der Waals surface area contributed by atoms with Gasteiger partial charge in [-0.05, 0) is 43.7 Å². The molecule has 3 aromatic carbocycles. The Labute approximate surface area is 178 Å². The molecule has 0 radical (unpaired) electrons. The van der Waals surface area contributed by atoms with Gasteiger partial charge in [-0.3, -0.25) is 0 Å². The van der Waals surface area contributed by atoms with E-state index in [1.807, 2.05) is 6.92 Å². The predicted molar refractivity (Wildman–Crippen MR) is 109 cm³/mol. The fourth-order valence-electron chi connectivity index (χ4n) is 3.39. The fraction of sp³-hybridized carbons (Fsp3) is 0.250. The van der Waals surface area contributed by atoms with Crippen molar-refractivity contribution in [2.24, 2.45) is 0 Å². The van der Waals surface area contributed by atoms with Crippen LogP contribution in [-0.2, 0) is 13.0 Å². The van der Waals surface area contributed by atoms with E-state index in [4.69, 9.17) is 18.9 Å². The van der Waals surface area contributed by atoms with E-state index in [2.05, 4.69) is 0 Å². The van der Waals surface area contributed by atoms with Gasteiger partial charge < -0.3 is 18.9 Å². The van der Waals surface area contributed by atoms with Gasteiger partial charge in [-0.15, -0.1) is 0 Å². The quantitative estimate of drug-likeness (QED) is 0.351. The van der Waals surface area contributed by atoms with Crippen molar-refractivity contribution in [3.63, 3.8) is 0 Å². The zero-order valence-corrected chi connectivity index (χ0v) is 17.1. The largest absolute Gasteiger partial charge is 0.494 e. The van der Waals surface area contributed by atoms with Gasteiger partial charge in [0, 0.05) is 17.5 Å². The molecule has 0 atom stereocenters. The monoisotopic (exact) mass is 430 g/mol. The Morgan fingerprint density at radius 1 is 0.742 bits per heavy atom. The van der Waals surface area contributed by atoms with Gasteiger partial charge in [0.05, 0.1) is 13.2 Å². The summed E-state index contributed by atoms with van der Waals surface area (Å²) in [5.74, 6) is -3.15. The lowest BCUT2D eigenvalue weighted by Gasteiger charge is -2.23. The zero-order valence-electron chi connectivity index (χ0n) is 17.1. The molecule has 3 aromatic rings. The van der Waals surface area contributed by atoms with Gasteiger partial charge >= 0.3 is 0 Å². The summed E-state index contributed by atoms with van der Waals surface area (Å²) in [4.78, 5) is 0. The third-order valence-corrected chi connectivity index (χ3v) is 4.86. The third-order valence-electron chi connectivity index (χ3n) is 4.86. The molecule has 0 amide bonds. The minimum atomic E-state index is -1.22. The molecule has 0 N–H and O–H groups in total. The Hall–Kier alpha value is -3.35. The molecule has 0 saturated carbocycles. The van der Waals surface area contributed by atoms with Crippen molar-refractivity contribution < 1.29 is 32.1 Å². The van der Waals surface area contributed by atoms with E-state index in [1.54, 1.807) is 37.3 Å². The lowest BCUT2D eigenvalue weighted by Crippen LogP contribution is -2.10. The van der Waals surface area contributed by atoms with Gasteiger partial charge in [-0.2, -0.15) is 13.2 Å². The van der Waals surface area contributed by atoms with Crippen molar-refractivity contribution in [2.75, 3.05) is 13.2 Å². The highest BCUT2D eigenvalue weighted by Crippen LogP contribution is 2.44. The molecule has 31 heavy (non-hydrogen) atoms. The maximum atomic E-state index is 14.7. The molecule has 0 spiro atoms. The molecule has 7 heteroatoms. The first-order chi connectivity index (χ1) is 15.0. The minimum absolute atomic E-state index is 0.000823. The zero-order chi connectivity index (χ0) is 22.0. The van der Waals surface area contributed by atoms with Crippen LogP contribution in [0.5, 0.6) is 28.7 Å². The Kier molecular flexibility index (Phi) is 5.93. The molecule has 0 fully saturated rings. The lowest BCUT2D eigenvalue weighted by molar-refractivity contribution is 0.278. The third kappa shape index (κ3) is 4.13. The number of fused-ring (bicyclic) bond motifs is 2. The van der Waals surface area contributed by atoms with Crippen molar-refractivity contribution in [1.82, 2.24) is 0 Å². The van der Waals surface area contributed by atoms with Crippen molar-refractivity contribution in [2.45, 2.75) is 26.9 Å². The summed E-state index contributed by atoms with van der Waals surface area (Å²) in [5.41, 5.74) is 1.65. The van der Waals surface area contributed by atoms with E-state index >= 15 is 0 Å². The maximum Gasteiger partial charge on any atom is 0.207 e. The summed E-state index contributed by atoms with van der Waals surface area (Å²) in [7, 11) is 0. The summed E-state index contributed by atoms with van der Waals surface area (Å²) < 4.78 is 65.5. The van der Waals surface area contributed by atoms with Gasteiger partial charge in [-0.25, -0.2) is 0 Å². The highest BCUT2D eigenvalue weighted by Gasteiger charge is 2.29. The van der Waals surface area contributed by atoms with Crippen molar-refractivity contribution in [3.8, 4) is 28.7 Å². The molecule has 1 heterocycles. The standard InChI is InChI=1S/C24H21F3O4/c1-3-28-17-8-5-14(6-9-17)13-30-19-12-16-11-15-7-10-18(29-4-2)21(26)23(15)31-24(16)22(27)20(19)25/h5-10,12H,3-4,11,13H2,1-2H3.